The summed E-state index contributed by atoms with van der Waals surface area (Å²) < 4.78 is 34.2. The summed E-state index contributed by atoms with van der Waals surface area (Å²) >= 11 is 0. The molecule has 1 aromatic carbocycles. The first-order chi connectivity index (χ1) is 10.3. The van der Waals surface area contributed by atoms with Gasteiger partial charge in [-0.1, -0.05) is 20.8 Å². The van der Waals surface area contributed by atoms with Gasteiger partial charge in [-0.05, 0) is 69.7 Å². The van der Waals surface area contributed by atoms with E-state index in [0.29, 0.717) is 12.4 Å². The monoisotopic (exact) mass is 341 g/mol. The Morgan fingerprint density at radius 2 is 1.57 bits per heavy atom. The second kappa shape index (κ2) is 6.81. The van der Waals surface area contributed by atoms with E-state index >= 15 is 0 Å². The third-order valence-electron chi connectivity index (χ3n) is 3.53. The number of nitrogens with one attached hydrogen (secondary N) is 1. The van der Waals surface area contributed by atoms with Crippen LogP contribution in [-0.2, 0) is 10.0 Å². The predicted octanol–water partition coefficient (Wildman–Crippen LogP) is 4.20. The lowest BCUT2D eigenvalue weighted by atomic mass is 9.82. The highest BCUT2D eigenvalue weighted by Gasteiger charge is 2.32. The molecule has 0 atom stereocenters. The van der Waals surface area contributed by atoms with Crippen LogP contribution < -0.4 is 9.46 Å². The van der Waals surface area contributed by atoms with E-state index in [-0.39, 0.29) is 10.3 Å². The highest BCUT2D eigenvalue weighted by atomic mass is 32.2. The molecule has 0 radical (unpaired) electrons. The zero-order valence-corrected chi connectivity index (χ0v) is 16.5. The average molecular weight is 342 g/mol. The number of rotatable bonds is 6. The van der Waals surface area contributed by atoms with E-state index in [2.05, 4.69) is 25.5 Å². The molecular formula is C18H31NO3S. The minimum Gasteiger partial charge on any atom is -0.492 e. The van der Waals surface area contributed by atoms with Crippen LogP contribution in [0.4, 0.5) is 0 Å². The number of sulfonamides is 1. The molecule has 0 fully saturated rings. The lowest BCUT2D eigenvalue weighted by molar-refractivity contribution is 0.269. The number of benzene rings is 1. The normalized spacial score (nSPS) is 13.2. The molecule has 0 bridgehead atoms. The molecule has 0 saturated carbocycles. The Labute approximate surface area is 141 Å². The molecule has 0 spiro atoms. The Balaban J connectivity index is 3.25. The van der Waals surface area contributed by atoms with Gasteiger partial charge in [-0.15, -0.1) is 0 Å². The minimum absolute atomic E-state index is 0.0258. The van der Waals surface area contributed by atoms with Gasteiger partial charge in [0.05, 0.1) is 6.61 Å². The molecule has 1 aromatic rings. The summed E-state index contributed by atoms with van der Waals surface area (Å²) in [6, 6.07) is 3.49. The maximum Gasteiger partial charge on any atom is 0.244 e. The van der Waals surface area contributed by atoms with Gasteiger partial charge in [0, 0.05) is 5.54 Å². The highest BCUT2D eigenvalue weighted by Crippen LogP contribution is 2.31. The molecule has 0 aliphatic heterocycles. The van der Waals surface area contributed by atoms with E-state index in [9.17, 15) is 8.42 Å². The fourth-order valence-electron chi connectivity index (χ4n) is 3.02. The number of aryl methyl sites for hydroxylation is 2. The zero-order valence-electron chi connectivity index (χ0n) is 15.7. The van der Waals surface area contributed by atoms with Crippen molar-refractivity contribution in [3.05, 3.63) is 23.3 Å². The zero-order chi connectivity index (χ0) is 18.1. The lowest BCUT2D eigenvalue weighted by Crippen LogP contribution is -2.45. The molecule has 0 unspecified atom stereocenters. The maximum absolute atomic E-state index is 12.9. The molecule has 23 heavy (non-hydrogen) atoms. The summed E-state index contributed by atoms with van der Waals surface area (Å²) in [6.45, 7) is 16.3. The van der Waals surface area contributed by atoms with Gasteiger partial charge < -0.3 is 4.74 Å². The summed E-state index contributed by atoms with van der Waals surface area (Å²) in [7, 11) is -3.66. The molecule has 1 N–H and O–H groups in total. The van der Waals surface area contributed by atoms with Crippen molar-refractivity contribution in [3.8, 4) is 5.75 Å². The summed E-state index contributed by atoms with van der Waals surface area (Å²) in [4.78, 5) is 0.212. The second-order valence-electron chi connectivity index (χ2n) is 8.04. The first-order valence-electron chi connectivity index (χ1n) is 8.05. The molecule has 4 nitrogen and oxygen atoms in total. The lowest BCUT2D eigenvalue weighted by Gasteiger charge is -2.33. The van der Waals surface area contributed by atoms with Crippen molar-refractivity contribution in [2.75, 3.05) is 6.61 Å². The second-order valence-corrected chi connectivity index (χ2v) is 9.69. The molecule has 132 valence electrons. The van der Waals surface area contributed by atoms with Crippen molar-refractivity contribution in [2.24, 2.45) is 5.41 Å². The highest BCUT2D eigenvalue weighted by molar-refractivity contribution is 7.89. The van der Waals surface area contributed by atoms with Crippen LogP contribution in [0.25, 0.3) is 0 Å². The Morgan fingerprint density at radius 3 is 2.04 bits per heavy atom. The smallest absolute Gasteiger partial charge is 0.244 e. The van der Waals surface area contributed by atoms with E-state index in [0.717, 1.165) is 17.5 Å². The summed E-state index contributed by atoms with van der Waals surface area (Å²) in [5, 5.41) is 0. The van der Waals surface area contributed by atoms with Gasteiger partial charge in [0.2, 0.25) is 10.0 Å². The molecule has 0 aliphatic carbocycles. The van der Waals surface area contributed by atoms with Crippen LogP contribution in [-0.4, -0.2) is 20.6 Å². The molecule has 1 rings (SSSR count). The minimum atomic E-state index is -3.66. The fourth-order valence-corrected chi connectivity index (χ4v) is 4.65. The van der Waals surface area contributed by atoms with Crippen LogP contribution in [0.1, 0.15) is 59.1 Å². The fraction of sp³-hybridized carbons (Fsp3) is 0.667. The van der Waals surface area contributed by atoms with Gasteiger partial charge in [0.15, 0.2) is 0 Å². The quantitative estimate of drug-likeness (QED) is 0.844. The summed E-state index contributed by atoms with van der Waals surface area (Å²) in [6.07, 6.45) is 0.730. The van der Waals surface area contributed by atoms with Crippen LogP contribution in [0, 0.1) is 19.3 Å². The molecular weight excluding hydrogens is 310 g/mol. The van der Waals surface area contributed by atoms with Crippen molar-refractivity contribution >= 4 is 10.0 Å². The number of hydrogen-bond acceptors (Lipinski definition) is 3. The molecule has 0 amide bonds. The molecule has 0 aliphatic rings. The number of ether oxygens (including phenoxy) is 1. The molecule has 0 saturated heterocycles. The first kappa shape index (κ1) is 20.0. The Kier molecular flexibility index (Phi) is 5.92. The van der Waals surface area contributed by atoms with Crippen LogP contribution >= 0.6 is 0 Å². The van der Waals surface area contributed by atoms with Crippen molar-refractivity contribution in [1.29, 1.82) is 0 Å². The van der Waals surface area contributed by atoms with Crippen molar-refractivity contribution < 1.29 is 13.2 Å². The SMILES string of the molecule is CCOc1cc(C)c(C)cc1S(=O)(=O)NC(C)(C)CC(C)(C)C. The Morgan fingerprint density at radius 1 is 1.04 bits per heavy atom. The first-order valence-corrected chi connectivity index (χ1v) is 9.54. The van der Waals surface area contributed by atoms with E-state index in [1.54, 1.807) is 12.1 Å². The third kappa shape index (κ3) is 5.81. The molecule has 0 heterocycles. The van der Waals surface area contributed by atoms with Gasteiger partial charge in [0.25, 0.3) is 0 Å². The maximum atomic E-state index is 12.9. The predicted molar refractivity (Wildman–Crippen MR) is 95.6 cm³/mol. The standard InChI is InChI=1S/C18H31NO3S/c1-9-22-15-10-13(2)14(3)11-16(15)23(20,21)19-18(7,8)12-17(4,5)6/h10-11,19H,9,12H2,1-8H3. The van der Waals surface area contributed by atoms with Crippen LogP contribution in [0.5, 0.6) is 5.75 Å². The van der Waals surface area contributed by atoms with Gasteiger partial charge in [-0.2, -0.15) is 0 Å². The molecule has 5 heteroatoms. The van der Waals surface area contributed by atoms with Gasteiger partial charge in [0.1, 0.15) is 10.6 Å². The Hall–Kier alpha value is -1.07. The summed E-state index contributed by atoms with van der Waals surface area (Å²) in [5.41, 5.74) is 1.43. The average Bonchev–Trinajstić information content (AvgIpc) is 2.28. The van der Waals surface area contributed by atoms with E-state index in [1.165, 1.54) is 0 Å². The largest absolute Gasteiger partial charge is 0.492 e. The van der Waals surface area contributed by atoms with Crippen molar-refractivity contribution in [2.45, 2.75) is 72.2 Å². The van der Waals surface area contributed by atoms with Gasteiger partial charge in [-0.3, -0.25) is 0 Å². The summed E-state index contributed by atoms with van der Waals surface area (Å²) in [5.74, 6) is 0.412. The van der Waals surface area contributed by atoms with Gasteiger partial charge >= 0.3 is 0 Å². The van der Waals surface area contributed by atoms with E-state index in [1.807, 2.05) is 34.6 Å². The van der Waals surface area contributed by atoms with Crippen molar-refractivity contribution in [3.63, 3.8) is 0 Å². The van der Waals surface area contributed by atoms with E-state index in [4.69, 9.17) is 4.74 Å². The van der Waals surface area contributed by atoms with Crippen LogP contribution in [0.2, 0.25) is 0 Å². The van der Waals surface area contributed by atoms with E-state index < -0.39 is 15.6 Å². The van der Waals surface area contributed by atoms with Crippen LogP contribution in [0.3, 0.4) is 0 Å². The topological polar surface area (TPSA) is 55.4 Å². The number of hydrogen-bond donors (Lipinski definition) is 1. The third-order valence-corrected chi connectivity index (χ3v) is 5.25. The van der Waals surface area contributed by atoms with Crippen LogP contribution in [0.15, 0.2) is 17.0 Å². The van der Waals surface area contributed by atoms with Crippen molar-refractivity contribution in [1.82, 2.24) is 4.72 Å². The Bertz CT molecular complexity index is 656. The molecule has 0 aromatic heterocycles. The van der Waals surface area contributed by atoms with Gasteiger partial charge in [-0.25, -0.2) is 13.1 Å².